The predicted molar refractivity (Wildman–Crippen MR) is 107 cm³/mol. The number of carbonyl (C=O) groups is 1. The van der Waals surface area contributed by atoms with Crippen LogP contribution in [-0.2, 0) is 24.0 Å². The van der Waals surface area contributed by atoms with E-state index in [0.717, 1.165) is 16.3 Å². The molecule has 2 N–H and O–H groups in total. The van der Waals surface area contributed by atoms with E-state index in [9.17, 15) is 27.5 Å². The standard InChI is InChI=1S/C21H26F4N4O3/c1-28-10-7-26-19(28)20(31,21(23,24)25)12-18(30)27-15-5-8-29(9-6-15)13-14-3-4-17(32-2)16(22)11-14/h3-4,7,10-11,15,31H,5-6,8-9,12-13H2,1-2H3,(H,27,30). The first-order chi connectivity index (χ1) is 15.0. The second kappa shape index (κ2) is 9.45. The topological polar surface area (TPSA) is 79.6 Å². The maximum atomic E-state index is 13.9. The Hall–Kier alpha value is -2.66. The van der Waals surface area contributed by atoms with Gasteiger partial charge in [0.1, 0.15) is 0 Å². The number of carbonyl (C=O) groups excluding carboxylic acids is 1. The number of methoxy groups -OCH3 is 1. The molecule has 32 heavy (non-hydrogen) atoms. The summed E-state index contributed by atoms with van der Waals surface area (Å²) in [6.07, 6.45) is -2.79. The van der Waals surface area contributed by atoms with Crippen molar-refractivity contribution in [3.63, 3.8) is 0 Å². The van der Waals surface area contributed by atoms with Crippen LogP contribution in [0.25, 0.3) is 0 Å². The first-order valence-electron chi connectivity index (χ1n) is 10.1. The molecular formula is C21H26F4N4O3. The quantitative estimate of drug-likeness (QED) is 0.624. The molecule has 0 aliphatic carbocycles. The van der Waals surface area contributed by atoms with E-state index in [1.165, 1.54) is 26.4 Å². The molecule has 176 valence electrons. The van der Waals surface area contributed by atoms with Gasteiger partial charge in [0, 0.05) is 45.1 Å². The molecule has 1 aromatic heterocycles. The van der Waals surface area contributed by atoms with Gasteiger partial charge in [-0.05, 0) is 30.5 Å². The van der Waals surface area contributed by atoms with E-state index in [0.29, 0.717) is 32.5 Å². The maximum absolute atomic E-state index is 13.9. The molecule has 1 aliphatic heterocycles. The molecule has 1 atom stereocenters. The Labute approximate surface area is 183 Å². The first kappa shape index (κ1) is 24.0. The Balaban J connectivity index is 1.55. The number of amides is 1. The van der Waals surface area contributed by atoms with Gasteiger partial charge in [-0.1, -0.05) is 6.07 Å². The highest BCUT2D eigenvalue weighted by Crippen LogP contribution is 2.40. The van der Waals surface area contributed by atoms with Crippen molar-refractivity contribution in [1.82, 2.24) is 19.8 Å². The largest absolute Gasteiger partial charge is 0.494 e. The molecule has 1 saturated heterocycles. The minimum absolute atomic E-state index is 0.166. The molecule has 0 bridgehead atoms. The number of halogens is 4. The van der Waals surface area contributed by atoms with Crippen molar-refractivity contribution in [3.8, 4) is 5.75 Å². The zero-order valence-electron chi connectivity index (χ0n) is 17.8. The summed E-state index contributed by atoms with van der Waals surface area (Å²) in [4.78, 5) is 18.0. The smallest absolute Gasteiger partial charge is 0.425 e. The van der Waals surface area contributed by atoms with E-state index < -0.39 is 35.7 Å². The van der Waals surface area contributed by atoms with E-state index in [2.05, 4.69) is 15.2 Å². The average Bonchev–Trinajstić information content (AvgIpc) is 3.15. The van der Waals surface area contributed by atoms with Crippen molar-refractivity contribution in [2.45, 2.75) is 43.6 Å². The molecule has 1 aliphatic rings. The molecule has 1 amide bonds. The Morgan fingerprint density at radius 2 is 2.00 bits per heavy atom. The molecule has 0 saturated carbocycles. The number of aliphatic hydroxyl groups is 1. The normalized spacial score (nSPS) is 17.7. The molecule has 2 aromatic rings. The lowest BCUT2D eigenvalue weighted by Crippen LogP contribution is -2.50. The zero-order chi connectivity index (χ0) is 23.5. The Bertz CT molecular complexity index is 941. The van der Waals surface area contributed by atoms with Gasteiger partial charge in [-0.25, -0.2) is 9.37 Å². The van der Waals surface area contributed by atoms with Crippen LogP contribution < -0.4 is 10.1 Å². The molecule has 1 fully saturated rings. The van der Waals surface area contributed by atoms with Crippen molar-refractivity contribution < 1.29 is 32.2 Å². The van der Waals surface area contributed by atoms with Gasteiger partial charge in [0.15, 0.2) is 17.4 Å². The second-order valence-electron chi connectivity index (χ2n) is 7.98. The van der Waals surface area contributed by atoms with E-state index >= 15 is 0 Å². The molecule has 1 unspecified atom stereocenters. The minimum Gasteiger partial charge on any atom is -0.494 e. The summed E-state index contributed by atoms with van der Waals surface area (Å²) in [5, 5.41) is 12.9. The van der Waals surface area contributed by atoms with Gasteiger partial charge in [0.25, 0.3) is 0 Å². The van der Waals surface area contributed by atoms with Crippen molar-refractivity contribution in [3.05, 3.63) is 47.8 Å². The monoisotopic (exact) mass is 458 g/mol. The predicted octanol–water partition coefficient (Wildman–Crippen LogP) is 2.49. The van der Waals surface area contributed by atoms with Crippen molar-refractivity contribution in [1.29, 1.82) is 0 Å². The average molecular weight is 458 g/mol. The van der Waals surface area contributed by atoms with E-state index in [4.69, 9.17) is 4.74 Å². The summed E-state index contributed by atoms with van der Waals surface area (Å²) < 4.78 is 60.6. The van der Waals surface area contributed by atoms with E-state index in [1.54, 1.807) is 12.1 Å². The van der Waals surface area contributed by atoms with Crippen LogP contribution in [0, 0.1) is 5.82 Å². The first-order valence-corrected chi connectivity index (χ1v) is 10.1. The van der Waals surface area contributed by atoms with Crippen LogP contribution in [0.3, 0.4) is 0 Å². The highest BCUT2D eigenvalue weighted by Gasteiger charge is 2.58. The number of hydrogen-bond donors (Lipinski definition) is 2. The van der Waals surface area contributed by atoms with Crippen molar-refractivity contribution >= 4 is 5.91 Å². The molecule has 1 aromatic carbocycles. The number of aromatic nitrogens is 2. The highest BCUT2D eigenvalue weighted by molar-refractivity contribution is 5.77. The van der Waals surface area contributed by atoms with Crippen LogP contribution in [0.15, 0.2) is 30.6 Å². The fourth-order valence-corrected chi connectivity index (χ4v) is 3.88. The number of nitrogens with one attached hydrogen (secondary N) is 1. The maximum Gasteiger partial charge on any atom is 0.425 e. The summed E-state index contributed by atoms with van der Waals surface area (Å²) in [6.45, 7) is 1.68. The van der Waals surface area contributed by atoms with Gasteiger partial charge in [-0.15, -0.1) is 0 Å². The van der Waals surface area contributed by atoms with Crippen LogP contribution >= 0.6 is 0 Å². The lowest BCUT2D eigenvalue weighted by atomic mass is 9.96. The molecule has 11 heteroatoms. The molecular weight excluding hydrogens is 432 g/mol. The molecule has 7 nitrogen and oxygen atoms in total. The van der Waals surface area contributed by atoms with Gasteiger partial charge in [-0.3, -0.25) is 9.69 Å². The minimum atomic E-state index is -5.07. The second-order valence-corrected chi connectivity index (χ2v) is 7.98. The molecule has 3 rings (SSSR count). The molecule has 2 heterocycles. The van der Waals surface area contributed by atoms with E-state index in [-0.39, 0.29) is 11.8 Å². The van der Waals surface area contributed by atoms with Crippen molar-refractivity contribution in [2.24, 2.45) is 7.05 Å². The summed E-state index contributed by atoms with van der Waals surface area (Å²) in [5.74, 6) is -1.82. The molecule has 0 radical (unpaired) electrons. The van der Waals surface area contributed by atoms with Crippen LogP contribution in [0.2, 0.25) is 0 Å². The van der Waals surface area contributed by atoms with E-state index in [1.807, 2.05) is 0 Å². The summed E-state index contributed by atoms with van der Waals surface area (Å²) in [5.41, 5.74) is -2.61. The number of rotatable bonds is 7. The van der Waals surface area contributed by atoms with Crippen LogP contribution in [-0.4, -0.2) is 57.9 Å². The highest BCUT2D eigenvalue weighted by atomic mass is 19.4. The fourth-order valence-electron chi connectivity index (χ4n) is 3.88. The SMILES string of the molecule is COc1ccc(CN2CCC(NC(=O)CC(O)(c3nccn3C)C(F)(F)F)CC2)cc1F. The number of ether oxygens (including phenoxy) is 1. The number of piperidine rings is 1. The van der Waals surface area contributed by atoms with Gasteiger partial charge >= 0.3 is 6.18 Å². The van der Waals surface area contributed by atoms with Gasteiger partial charge in [0.05, 0.1) is 13.5 Å². The third-order valence-corrected chi connectivity index (χ3v) is 5.65. The summed E-state index contributed by atoms with van der Waals surface area (Å²) in [6, 6.07) is 4.42. The fraction of sp³-hybridized carbons (Fsp3) is 0.524. The van der Waals surface area contributed by atoms with Gasteiger partial charge in [0.2, 0.25) is 11.5 Å². The third-order valence-electron chi connectivity index (χ3n) is 5.65. The Morgan fingerprint density at radius 3 is 2.53 bits per heavy atom. The van der Waals surface area contributed by atoms with Crippen LogP contribution in [0.1, 0.15) is 30.7 Å². The Morgan fingerprint density at radius 1 is 1.31 bits per heavy atom. The number of aryl methyl sites for hydroxylation is 1. The van der Waals surface area contributed by atoms with Crippen LogP contribution in [0.5, 0.6) is 5.75 Å². The number of nitrogens with zero attached hydrogens (tertiary/aromatic N) is 3. The van der Waals surface area contributed by atoms with Crippen molar-refractivity contribution in [2.75, 3.05) is 20.2 Å². The molecule has 0 spiro atoms. The number of imidazole rings is 1. The zero-order valence-corrected chi connectivity index (χ0v) is 17.8. The van der Waals surface area contributed by atoms with Gasteiger partial charge < -0.3 is 19.7 Å². The summed E-state index contributed by atoms with van der Waals surface area (Å²) in [7, 11) is 2.71. The number of benzene rings is 1. The third kappa shape index (κ3) is 5.21. The number of alkyl halides is 3. The number of likely N-dealkylation sites (tertiary alicyclic amines) is 1. The van der Waals surface area contributed by atoms with Gasteiger partial charge in [-0.2, -0.15) is 13.2 Å². The lowest BCUT2D eigenvalue weighted by molar-refractivity contribution is -0.271. The lowest BCUT2D eigenvalue weighted by Gasteiger charge is -2.34. The number of hydrogen-bond acceptors (Lipinski definition) is 5. The Kier molecular flexibility index (Phi) is 7.09. The summed E-state index contributed by atoms with van der Waals surface area (Å²) >= 11 is 0. The van der Waals surface area contributed by atoms with Crippen LogP contribution in [0.4, 0.5) is 17.6 Å².